The molecule has 22 heavy (non-hydrogen) atoms. The van der Waals surface area contributed by atoms with Crippen LogP contribution < -0.4 is 5.32 Å². The zero-order valence-electron chi connectivity index (χ0n) is 11.4. The zero-order valence-corrected chi connectivity index (χ0v) is 12.2. The van der Waals surface area contributed by atoms with Crippen molar-refractivity contribution in [2.75, 3.05) is 0 Å². The lowest BCUT2D eigenvalue weighted by Gasteiger charge is -2.22. The predicted molar refractivity (Wildman–Crippen MR) is 78.9 cm³/mol. The molecule has 0 saturated heterocycles. The minimum absolute atomic E-state index is 0.188. The first-order valence-corrected chi connectivity index (χ1v) is 6.91. The average Bonchev–Trinajstić information content (AvgIpc) is 2.48. The summed E-state index contributed by atoms with van der Waals surface area (Å²) in [6.07, 6.45) is -4.89. The molecule has 0 bridgehead atoms. The molecule has 2 nitrogen and oxygen atoms in total. The van der Waals surface area contributed by atoms with Crippen LogP contribution in [0.5, 0.6) is 0 Å². The topological polar surface area (TPSA) is 29.1 Å². The van der Waals surface area contributed by atoms with E-state index in [9.17, 15) is 18.0 Å². The smallest absolute Gasteiger partial charge is 0.340 e. The molecular weight excluding hydrogens is 315 g/mol. The van der Waals surface area contributed by atoms with Crippen molar-refractivity contribution >= 4 is 17.5 Å². The SMILES string of the molecule is O=C(N[C@H](Cc1ccc(Cl)cc1)C(F)(F)F)c1ccccc1. The van der Waals surface area contributed by atoms with E-state index in [1.54, 1.807) is 18.2 Å². The fourth-order valence-corrected chi connectivity index (χ4v) is 2.06. The second-order valence-corrected chi connectivity index (χ2v) is 5.20. The number of carbonyl (C=O) groups excluding carboxylic acids is 1. The maximum absolute atomic E-state index is 13.1. The summed E-state index contributed by atoms with van der Waals surface area (Å²) in [6, 6.07) is 11.9. The number of rotatable bonds is 4. The third-order valence-corrected chi connectivity index (χ3v) is 3.34. The Labute approximate surface area is 130 Å². The van der Waals surface area contributed by atoms with Crippen LogP contribution in [0.25, 0.3) is 0 Å². The van der Waals surface area contributed by atoms with E-state index >= 15 is 0 Å². The van der Waals surface area contributed by atoms with Gasteiger partial charge in [-0.05, 0) is 29.8 Å². The lowest BCUT2D eigenvalue weighted by molar-refractivity contribution is -0.153. The number of nitrogens with one attached hydrogen (secondary N) is 1. The third kappa shape index (κ3) is 4.49. The standard InChI is InChI=1S/C16H13ClF3NO/c17-13-8-6-11(7-9-13)10-14(16(18,19)20)21-15(22)12-4-2-1-3-5-12/h1-9,14H,10H2,(H,21,22)/t14-/m1/s1. The van der Waals surface area contributed by atoms with Crippen LogP contribution in [0.15, 0.2) is 54.6 Å². The van der Waals surface area contributed by atoms with Crippen LogP contribution in [0.1, 0.15) is 15.9 Å². The molecule has 6 heteroatoms. The number of hydrogen-bond acceptors (Lipinski definition) is 1. The Morgan fingerprint density at radius 3 is 2.18 bits per heavy atom. The zero-order chi connectivity index (χ0) is 16.2. The first kappa shape index (κ1) is 16.4. The van der Waals surface area contributed by atoms with Gasteiger partial charge in [0.25, 0.3) is 5.91 Å². The highest BCUT2D eigenvalue weighted by Gasteiger charge is 2.40. The Morgan fingerprint density at radius 1 is 1.05 bits per heavy atom. The largest absolute Gasteiger partial charge is 0.408 e. The number of amides is 1. The van der Waals surface area contributed by atoms with E-state index in [0.717, 1.165) is 0 Å². The Bertz CT molecular complexity index is 626. The monoisotopic (exact) mass is 327 g/mol. The minimum atomic E-state index is -4.54. The molecule has 0 aliphatic rings. The number of hydrogen-bond donors (Lipinski definition) is 1. The van der Waals surface area contributed by atoms with E-state index in [0.29, 0.717) is 10.6 Å². The van der Waals surface area contributed by atoms with Gasteiger partial charge in [-0.1, -0.05) is 41.9 Å². The third-order valence-electron chi connectivity index (χ3n) is 3.09. The van der Waals surface area contributed by atoms with Gasteiger partial charge in [-0.2, -0.15) is 13.2 Å². The van der Waals surface area contributed by atoms with E-state index in [-0.39, 0.29) is 12.0 Å². The molecule has 0 heterocycles. The lowest BCUT2D eigenvalue weighted by atomic mass is 10.0. The normalized spacial score (nSPS) is 12.7. The van der Waals surface area contributed by atoms with Gasteiger partial charge in [0.05, 0.1) is 0 Å². The molecule has 0 fully saturated rings. The molecule has 2 aromatic carbocycles. The summed E-state index contributed by atoms with van der Waals surface area (Å²) >= 11 is 5.71. The Kier molecular flexibility index (Phi) is 5.08. The van der Waals surface area contributed by atoms with Crippen LogP contribution in [0, 0.1) is 0 Å². The summed E-state index contributed by atoms with van der Waals surface area (Å²) in [5.41, 5.74) is 0.632. The van der Waals surface area contributed by atoms with Crippen molar-refractivity contribution in [1.29, 1.82) is 0 Å². The van der Waals surface area contributed by atoms with Crippen molar-refractivity contribution in [3.8, 4) is 0 Å². The quantitative estimate of drug-likeness (QED) is 0.894. The molecule has 0 aliphatic heterocycles. The van der Waals surface area contributed by atoms with Crippen molar-refractivity contribution in [2.24, 2.45) is 0 Å². The summed E-state index contributed by atoms with van der Waals surface area (Å²) < 4.78 is 39.4. The fraction of sp³-hybridized carbons (Fsp3) is 0.188. The van der Waals surface area contributed by atoms with Crippen molar-refractivity contribution in [2.45, 2.75) is 18.6 Å². The van der Waals surface area contributed by atoms with E-state index in [4.69, 9.17) is 11.6 Å². The van der Waals surface area contributed by atoms with Gasteiger partial charge in [0.1, 0.15) is 6.04 Å². The van der Waals surface area contributed by atoms with Gasteiger partial charge in [0.2, 0.25) is 0 Å². The molecular formula is C16H13ClF3NO. The first-order valence-electron chi connectivity index (χ1n) is 6.53. The van der Waals surface area contributed by atoms with Crippen LogP contribution in [0.2, 0.25) is 5.02 Å². The summed E-state index contributed by atoms with van der Waals surface area (Å²) in [4.78, 5) is 11.9. The molecule has 0 radical (unpaired) electrons. The molecule has 116 valence electrons. The van der Waals surface area contributed by atoms with E-state index in [2.05, 4.69) is 0 Å². The van der Waals surface area contributed by atoms with Crippen molar-refractivity contribution in [1.82, 2.24) is 5.32 Å². The van der Waals surface area contributed by atoms with Crippen LogP contribution in [-0.2, 0) is 6.42 Å². The Morgan fingerprint density at radius 2 is 1.64 bits per heavy atom. The number of halogens is 4. The second kappa shape index (κ2) is 6.83. The van der Waals surface area contributed by atoms with Gasteiger partial charge < -0.3 is 5.32 Å². The molecule has 1 amide bonds. The highest BCUT2D eigenvalue weighted by Crippen LogP contribution is 2.24. The predicted octanol–water partition coefficient (Wildman–Crippen LogP) is 4.24. The van der Waals surface area contributed by atoms with Gasteiger partial charge >= 0.3 is 6.18 Å². The first-order chi connectivity index (χ1) is 10.4. The summed E-state index contributed by atoms with van der Waals surface area (Å²) in [6.45, 7) is 0. The molecule has 0 saturated carbocycles. The molecule has 2 aromatic rings. The van der Waals surface area contributed by atoms with Gasteiger partial charge in [0.15, 0.2) is 0 Å². The lowest BCUT2D eigenvalue weighted by Crippen LogP contribution is -2.46. The highest BCUT2D eigenvalue weighted by molar-refractivity contribution is 6.30. The van der Waals surface area contributed by atoms with E-state index in [1.165, 1.54) is 36.4 Å². The molecule has 2 rings (SSSR count). The summed E-state index contributed by atoms with van der Waals surface area (Å²) in [5.74, 6) is -0.753. The molecule has 0 unspecified atom stereocenters. The Balaban J connectivity index is 2.13. The van der Waals surface area contributed by atoms with Crippen LogP contribution in [-0.4, -0.2) is 18.1 Å². The van der Waals surface area contributed by atoms with E-state index < -0.39 is 18.1 Å². The fourth-order valence-electron chi connectivity index (χ4n) is 1.94. The van der Waals surface area contributed by atoms with Crippen molar-refractivity contribution < 1.29 is 18.0 Å². The molecule has 0 aliphatic carbocycles. The van der Waals surface area contributed by atoms with Crippen LogP contribution in [0.3, 0.4) is 0 Å². The van der Waals surface area contributed by atoms with Crippen molar-refractivity contribution in [3.05, 3.63) is 70.7 Å². The van der Waals surface area contributed by atoms with Crippen molar-refractivity contribution in [3.63, 3.8) is 0 Å². The maximum Gasteiger partial charge on any atom is 0.408 e. The number of alkyl halides is 3. The molecule has 0 aromatic heterocycles. The van der Waals surface area contributed by atoms with E-state index in [1.807, 2.05) is 5.32 Å². The molecule has 0 spiro atoms. The minimum Gasteiger partial charge on any atom is -0.340 e. The highest BCUT2D eigenvalue weighted by atomic mass is 35.5. The number of benzene rings is 2. The van der Waals surface area contributed by atoms with Gasteiger partial charge in [0, 0.05) is 17.0 Å². The van der Waals surface area contributed by atoms with Crippen LogP contribution in [0.4, 0.5) is 13.2 Å². The summed E-state index contributed by atoms with van der Waals surface area (Å²) in [5, 5.41) is 2.48. The molecule has 1 atom stereocenters. The molecule has 1 N–H and O–H groups in total. The summed E-state index contributed by atoms with van der Waals surface area (Å²) in [7, 11) is 0. The van der Waals surface area contributed by atoms with Gasteiger partial charge in [-0.25, -0.2) is 0 Å². The maximum atomic E-state index is 13.1. The second-order valence-electron chi connectivity index (χ2n) is 4.76. The van der Waals surface area contributed by atoms with Crippen LogP contribution >= 0.6 is 11.6 Å². The number of carbonyl (C=O) groups is 1. The Hall–Kier alpha value is -2.01. The van der Waals surface area contributed by atoms with Gasteiger partial charge in [-0.3, -0.25) is 4.79 Å². The van der Waals surface area contributed by atoms with Gasteiger partial charge in [-0.15, -0.1) is 0 Å². The average molecular weight is 328 g/mol.